The van der Waals surface area contributed by atoms with Gasteiger partial charge in [0.1, 0.15) is 0 Å². The van der Waals surface area contributed by atoms with E-state index < -0.39 is 0 Å². The summed E-state index contributed by atoms with van der Waals surface area (Å²) in [5.41, 5.74) is 6.19. The molecular weight excluding hydrogens is 160 g/mol. The highest BCUT2D eigenvalue weighted by Crippen LogP contribution is 2.29. The average Bonchev–Trinajstić information content (AvgIpc) is 2.68. The molecule has 0 heterocycles. The van der Waals surface area contributed by atoms with Gasteiger partial charge < -0.3 is 10.6 Å². The number of nitrogens with zero attached hydrogens (tertiary/aromatic N) is 1. The van der Waals surface area contributed by atoms with Crippen molar-refractivity contribution in [1.82, 2.24) is 4.90 Å². The van der Waals surface area contributed by atoms with Crippen LogP contribution in [0.15, 0.2) is 0 Å². The van der Waals surface area contributed by atoms with Crippen LogP contribution in [0.25, 0.3) is 0 Å². The van der Waals surface area contributed by atoms with E-state index in [1.165, 1.54) is 25.8 Å². The minimum Gasteiger partial charge on any atom is -0.324 e. The third-order valence-corrected chi connectivity index (χ3v) is 2.72. The van der Waals surface area contributed by atoms with E-state index in [4.69, 9.17) is 5.73 Å². The smallest absolute Gasteiger partial charge is 0.0254 e. The molecule has 1 aliphatic carbocycles. The lowest BCUT2D eigenvalue weighted by Gasteiger charge is -2.30. The molecule has 13 heavy (non-hydrogen) atoms. The van der Waals surface area contributed by atoms with Gasteiger partial charge in [-0.2, -0.15) is 0 Å². The van der Waals surface area contributed by atoms with Crippen molar-refractivity contribution in [2.75, 3.05) is 20.1 Å². The number of rotatable bonds is 6. The molecule has 2 N–H and O–H groups in total. The maximum atomic E-state index is 6.18. The molecule has 0 aliphatic heterocycles. The summed E-state index contributed by atoms with van der Waals surface area (Å²) in [5, 5.41) is 0. The fraction of sp³-hybridized carbons (Fsp3) is 1.00. The van der Waals surface area contributed by atoms with E-state index in [0.717, 1.165) is 18.9 Å². The molecule has 0 amide bonds. The second-order valence-electron chi connectivity index (χ2n) is 5.04. The number of likely N-dealkylation sites (N-methyl/N-ethyl adjacent to an activating group) is 1. The lowest BCUT2D eigenvalue weighted by atomic mass is 9.97. The minimum absolute atomic E-state index is 0.0123. The maximum absolute atomic E-state index is 6.18. The Morgan fingerprint density at radius 2 is 2.08 bits per heavy atom. The van der Waals surface area contributed by atoms with Gasteiger partial charge in [0, 0.05) is 18.6 Å². The van der Waals surface area contributed by atoms with E-state index in [0.29, 0.717) is 0 Å². The normalized spacial score (nSPS) is 21.9. The van der Waals surface area contributed by atoms with Gasteiger partial charge in [-0.05, 0) is 39.2 Å². The first-order chi connectivity index (χ1) is 6.03. The van der Waals surface area contributed by atoms with Crippen molar-refractivity contribution in [1.29, 1.82) is 0 Å². The van der Waals surface area contributed by atoms with Gasteiger partial charge in [0.2, 0.25) is 0 Å². The van der Waals surface area contributed by atoms with Crippen molar-refractivity contribution >= 4 is 0 Å². The third-order valence-electron chi connectivity index (χ3n) is 2.72. The standard InChI is InChI=1S/C11H24N2/c1-4-7-11(2,12)9-13(3)8-10-5-6-10/h10H,4-9,12H2,1-3H3. The highest BCUT2D eigenvalue weighted by molar-refractivity contribution is 4.84. The van der Waals surface area contributed by atoms with E-state index in [2.05, 4.69) is 25.8 Å². The Labute approximate surface area is 82.5 Å². The molecule has 1 unspecified atom stereocenters. The second kappa shape index (κ2) is 4.43. The highest BCUT2D eigenvalue weighted by atomic mass is 15.1. The first-order valence-electron chi connectivity index (χ1n) is 5.51. The summed E-state index contributed by atoms with van der Waals surface area (Å²) in [6, 6.07) is 0. The Morgan fingerprint density at radius 1 is 1.46 bits per heavy atom. The van der Waals surface area contributed by atoms with Gasteiger partial charge in [-0.1, -0.05) is 13.3 Å². The van der Waals surface area contributed by atoms with Crippen molar-refractivity contribution in [2.45, 2.75) is 45.1 Å². The van der Waals surface area contributed by atoms with Crippen LogP contribution in [0.3, 0.4) is 0 Å². The van der Waals surface area contributed by atoms with Crippen molar-refractivity contribution in [3.8, 4) is 0 Å². The predicted molar refractivity (Wildman–Crippen MR) is 57.7 cm³/mol. The zero-order valence-corrected chi connectivity index (χ0v) is 9.34. The minimum atomic E-state index is 0.0123. The summed E-state index contributed by atoms with van der Waals surface area (Å²) in [5.74, 6) is 0.974. The van der Waals surface area contributed by atoms with E-state index in [1.807, 2.05) is 0 Å². The average molecular weight is 184 g/mol. The largest absolute Gasteiger partial charge is 0.324 e. The summed E-state index contributed by atoms with van der Waals surface area (Å²) < 4.78 is 0. The molecule has 0 aromatic rings. The van der Waals surface area contributed by atoms with Gasteiger partial charge in [0.25, 0.3) is 0 Å². The molecule has 2 nitrogen and oxygen atoms in total. The molecular formula is C11H24N2. The van der Waals surface area contributed by atoms with Crippen LogP contribution in [0.1, 0.15) is 39.5 Å². The fourth-order valence-electron chi connectivity index (χ4n) is 2.07. The molecule has 0 aromatic carbocycles. The molecule has 0 bridgehead atoms. The van der Waals surface area contributed by atoms with Gasteiger partial charge in [-0.15, -0.1) is 0 Å². The van der Waals surface area contributed by atoms with Gasteiger partial charge >= 0.3 is 0 Å². The second-order valence-corrected chi connectivity index (χ2v) is 5.04. The molecule has 1 atom stereocenters. The number of hydrogen-bond donors (Lipinski definition) is 1. The molecule has 1 aliphatic rings. The molecule has 1 saturated carbocycles. The Bertz CT molecular complexity index is 150. The Kier molecular flexibility index (Phi) is 3.74. The summed E-state index contributed by atoms with van der Waals surface area (Å²) in [4.78, 5) is 2.40. The first kappa shape index (κ1) is 11.0. The fourth-order valence-corrected chi connectivity index (χ4v) is 2.07. The van der Waals surface area contributed by atoms with E-state index in [-0.39, 0.29) is 5.54 Å². The molecule has 2 heteroatoms. The van der Waals surface area contributed by atoms with Crippen LogP contribution in [-0.4, -0.2) is 30.6 Å². The van der Waals surface area contributed by atoms with E-state index >= 15 is 0 Å². The van der Waals surface area contributed by atoms with Crippen LogP contribution < -0.4 is 5.73 Å². The third kappa shape index (κ3) is 4.63. The van der Waals surface area contributed by atoms with Gasteiger partial charge in [-0.3, -0.25) is 0 Å². The quantitative estimate of drug-likeness (QED) is 0.682. The zero-order chi connectivity index (χ0) is 9.90. The van der Waals surface area contributed by atoms with Gasteiger partial charge in [0.15, 0.2) is 0 Å². The lowest BCUT2D eigenvalue weighted by molar-refractivity contribution is 0.240. The summed E-state index contributed by atoms with van der Waals surface area (Å²) in [6.45, 7) is 6.65. The molecule has 1 fully saturated rings. The van der Waals surface area contributed by atoms with Crippen LogP contribution >= 0.6 is 0 Å². The Hall–Kier alpha value is -0.0800. The van der Waals surface area contributed by atoms with Crippen LogP contribution in [0.4, 0.5) is 0 Å². The van der Waals surface area contributed by atoms with E-state index in [9.17, 15) is 0 Å². The molecule has 0 aromatic heterocycles. The SMILES string of the molecule is CCCC(C)(N)CN(C)CC1CC1. The van der Waals surface area contributed by atoms with Crippen LogP contribution in [0.2, 0.25) is 0 Å². The predicted octanol–water partition coefficient (Wildman–Crippen LogP) is 1.85. The van der Waals surface area contributed by atoms with Crippen LogP contribution in [-0.2, 0) is 0 Å². The summed E-state index contributed by atoms with van der Waals surface area (Å²) in [6.07, 6.45) is 5.17. The molecule has 0 saturated heterocycles. The topological polar surface area (TPSA) is 29.3 Å². The molecule has 1 rings (SSSR count). The van der Waals surface area contributed by atoms with Crippen molar-refractivity contribution in [3.05, 3.63) is 0 Å². The number of hydrogen-bond acceptors (Lipinski definition) is 2. The van der Waals surface area contributed by atoms with Crippen molar-refractivity contribution < 1.29 is 0 Å². The summed E-state index contributed by atoms with van der Waals surface area (Å²) >= 11 is 0. The van der Waals surface area contributed by atoms with Crippen LogP contribution in [0, 0.1) is 5.92 Å². The first-order valence-corrected chi connectivity index (χ1v) is 5.51. The molecule has 0 radical (unpaired) electrons. The maximum Gasteiger partial charge on any atom is 0.0254 e. The Balaban J connectivity index is 2.19. The molecule has 78 valence electrons. The van der Waals surface area contributed by atoms with Gasteiger partial charge in [-0.25, -0.2) is 0 Å². The lowest BCUT2D eigenvalue weighted by Crippen LogP contribution is -2.47. The van der Waals surface area contributed by atoms with Gasteiger partial charge in [0.05, 0.1) is 0 Å². The highest BCUT2D eigenvalue weighted by Gasteiger charge is 2.26. The zero-order valence-electron chi connectivity index (χ0n) is 9.34. The van der Waals surface area contributed by atoms with Crippen LogP contribution in [0.5, 0.6) is 0 Å². The molecule has 0 spiro atoms. The summed E-state index contributed by atoms with van der Waals surface area (Å²) in [7, 11) is 2.19. The Morgan fingerprint density at radius 3 is 2.54 bits per heavy atom. The van der Waals surface area contributed by atoms with E-state index in [1.54, 1.807) is 0 Å². The number of nitrogens with two attached hydrogens (primary N) is 1. The van der Waals surface area contributed by atoms with Crippen molar-refractivity contribution in [2.24, 2.45) is 11.7 Å². The monoisotopic (exact) mass is 184 g/mol. The van der Waals surface area contributed by atoms with Crippen molar-refractivity contribution in [3.63, 3.8) is 0 Å².